The summed E-state index contributed by atoms with van der Waals surface area (Å²) >= 11 is 0. The molecular formula is C12H17N3O2. The first kappa shape index (κ1) is 12.0. The minimum atomic E-state index is -0.346. The van der Waals surface area contributed by atoms with Crippen molar-refractivity contribution >= 4 is 11.1 Å². The second-order valence-electron chi connectivity index (χ2n) is 4.07. The number of fused-ring (bicyclic) bond motifs is 1. The third-order valence-corrected chi connectivity index (χ3v) is 2.83. The molecule has 92 valence electrons. The number of hydrogen-bond donors (Lipinski definition) is 3. The van der Waals surface area contributed by atoms with Gasteiger partial charge in [0.2, 0.25) is 0 Å². The Morgan fingerprint density at radius 2 is 2.29 bits per heavy atom. The van der Waals surface area contributed by atoms with E-state index in [0.29, 0.717) is 5.89 Å². The number of aliphatic hydroxyl groups is 1. The Balaban J connectivity index is 2.40. The van der Waals surface area contributed by atoms with E-state index < -0.39 is 0 Å². The minimum Gasteiger partial charge on any atom is -0.441 e. The van der Waals surface area contributed by atoms with Gasteiger partial charge < -0.3 is 20.6 Å². The highest BCUT2D eigenvalue weighted by atomic mass is 16.3. The monoisotopic (exact) mass is 235 g/mol. The number of nitrogens with one attached hydrogen (secondary N) is 1. The smallest absolute Gasteiger partial charge is 0.192 e. The summed E-state index contributed by atoms with van der Waals surface area (Å²) in [6.45, 7) is 1.74. The molecule has 4 N–H and O–H groups in total. The number of likely N-dealkylation sites (N-methyl/N-ethyl adjacent to an activating group) is 1. The predicted octanol–water partition coefficient (Wildman–Crippen LogP) is 0.716. The molecule has 0 aliphatic rings. The zero-order valence-corrected chi connectivity index (χ0v) is 9.97. The number of aromatic nitrogens is 1. The lowest BCUT2D eigenvalue weighted by molar-refractivity contribution is 0.240. The van der Waals surface area contributed by atoms with E-state index in [4.69, 9.17) is 15.3 Å². The van der Waals surface area contributed by atoms with Gasteiger partial charge in [0.1, 0.15) is 5.52 Å². The molecule has 1 aromatic carbocycles. The van der Waals surface area contributed by atoms with Crippen molar-refractivity contribution in [2.24, 2.45) is 5.73 Å². The average molecular weight is 235 g/mol. The van der Waals surface area contributed by atoms with Crippen LogP contribution in [-0.2, 0) is 0 Å². The molecule has 0 aliphatic heterocycles. The second kappa shape index (κ2) is 4.83. The molecule has 1 heterocycles. The molecule has 0 radical (unpaired) electrons. The number of benzene rings is 1. The van der Waals surface area contributed by atoms with Gasteiger partial charge in [-0.3, -0.25) is 0 Å². The summed E-state index contributed by atoms with van der Waals surface area (Å²) in [6, 6.07) is 5.30. The van der Waals surface area contributed by atoms with Crippen LogP contribution < -0.4 is 11.1 Å². The lowest BCUT2D eigenvalue weighted by atomic mass is 10.0. The van der Waals surface area contributed by atoms with Crippen molar-refractivity contribution in [3.05, 3.63) is 29.7 Å². The third-order valence-electron chi connectivity index (χ3n) is 2.83. The highest BCUT2D eigenvalue weighted by molar-refractivity contribution is 5.73. The van der Waals surface area contributed by atoms with Crippen molar-refractivity contribution in [3.63, 3.8) is 0 Å². The number of nitrogens with two attached hydrogens (primary N) is 1. The summed E-state index contributed by atoms with van der Waals surface area (Å²) in [5, 5.41) is 12.2. The van der Waals surface area contributed by atoms with E-state index in [9.17, 15) is 0 Å². The van der Waals surface area contributed by atoms with Gasteiger partial charge in [-0.25, -0.2) is 4.98 Å². The highest BCUT2D eigenvalue weighted by Gasteiger charge is 2.18. The number of aryl methyl sites for hydroxylation is 1. The van der Waals surface area contributed by atoms with Crippen molar-refractivity contribution in [2.75, 3.05) is 13.7 Å². The van der Waals surface area contributed by atoms with Gasteiger partial charge in [-0.15, -0.1) is 0 Å². The normalized spacial score (nSPS) is 15.1. The standard InChI is InChI=1S/C12H17N3O2/c1-7-15-10-4-3-8(5-11(10)17-7)12(14-2)9(13)6-16/h3-5,9,12,14,16H,6,13H2,1-2H3. The first-order chi connectivity index (χ1) is 8.15. The van der Waals surface area contributed by atoms with E-state index in [-0.39, 0.29) is 18.7 Å². The van der Waals surface area contributed by atoms with Gasteiger partial charge in [0.05, 0.1) is 6.61 Å². The van der Waals surface area contributed by atoms with Gasteiger partial charge in [-0.05, 0) is 24.7 Å². The van der Waals surface area contributed by atoms with Crippen LogP contribution >= 0.6 is 0 Å². The molecule has 0 bridgehead atoms. The molecule has 5 nitrogen and oxygen atoms in total. The van der Waals surface area contributed by atoms with Crippen LogP contribution in [0, 0.1) is 6.92 Å². The van der Waals surface area contributed by atoms with Crippen LogP contribution in [0.2, 0.25) is 0 Å². The number of rotatable bonds is 4. The molecule has 1 aromatic heterocycles. The highest BCUT2D eigenvalue weighted by Crippen LogP contribution is 2.22. The quantitative estimate of drug-likeness (QED) is 0.727. The van der Waals surface area contributed by atoms with Gasteiger partial charge in [0, 0.05) is 19.0 Å². The Morgan fingerprint density at radius 3 is 2.94 bits per heavy atom. The lowest BCUT2D eigenvalue weighted by Gasteiger charge is -2.21. The third kappa shape index (κ3) is 2.31. The number of aliphatic hydroxyl groups excluding tert-OH is 1. The van der Waals surface area contributed by atoms with E-state index in [2.05, 4.69) is 10.3 Å². The molecule has 2 aromatic rings. The fraction of sp³-hybridized carbons (Fsp3) is 0.417. The topological polar surface area (TPSA) is 84.3 Å². The summed E-state index contributed by atoms with van der Waals surface area (Å²) in [5.41, 5.74) is 8.41. The van der Waals surface area contributed by atoms with Crippen LogP contribution in [0.4, 0.5) is 0 Å². The van der Waals surface area contributed by atoms with Crippen molar-refractivity contribution in [1.29, 1.82) is 0 Å². The Kier molecular flexibility index (Phi) is 3.42. The summed E-state index contributed by atoms with van der Waals surface area (Å²) in [5.74, 6) is 0.643. The predicted molar refractivity (Wildman–Crippen MR) is 65.6 cm³/mol. The minimum absolute atomic E-state index is 0.0705. The van der Waals surface area contributed by atoms with Gasteiger partial charge in [-0.1, -0.05) is 6.07 Å². The molecular weight excluding hydrogens is 218 g/mol. The van der Waals surface area contributed by atoms with E-state index in [1.807, 2.05) is 32.2 Å². The van der Waals surface area contributed by atoms with Crippen LogP contribution in [0.15, 0.2) is 22.6 Å². The first-order valence-electron chi connectivity index (χ1n) is 5.56. The average Bonchev–Trinajstić information content (AvgIpc) is 2.69. The molecule has 17 heavy (non-hydrogen) atoms. The van der Waals surface area contributed by atoms with E-state index in [1.54, 1.807) is 0 Å². The molecule has 0 saturated carbocycles. The van der Waals surface area contributed by atoms with Crippen LogP contribution in [0.25, 0.3) is 11.1 Å². The Labute approximate surface area is 99.6 Å². The molecule has 2 rings (SSSR count). The zero-order chi connectivity index (χ0) is 12.4. The maximum atomic E-state index is 9.11. The van der Waals surface area contributed by atoms with E-state index in [1.165, 1.54) is 0 Å². The molecule has 0 spiro atoms. The molecule has 0 amide bonds. The molecule has 0 saturated heterocycles. The van der Waals surface area contributed by atoms with Crippen molar-refractivity contribution in [1.82, 2.24) is 10.3 Å². The Bertz CT molecular complexity index is 509. The fourth-order valence-corrected chi connectivity index (χ4v) is 1.98. The number of nitrogens with zero attached hydrogens (tertiary/aromatic N) is 1. The molecule has 0 aliphatic carbocycles. The Morgan fingerprint density at radius 1 is 1.53 bits per heavy atom. The zero-order valence-electron chi connectivity index (χ0n) is 9.97. The first-order valence-corrected chi connectivity index (χ1v) is 5.56. The largest absolute Gasteiger partial charge is 0.441 e. The maximum Gasteiger partial charge on any atom is 0.192 e. The number of hydrogen-bond acceptors (Lipinski definition) is 5. The van der Waals surface area contributed by atoms with E-state index in [0.717, 1.165) is 16.7 Å². The van der Waals surface area contributed by atoms with Crippen LogP contribution in [-0.4, -0.2) is 29.8 Å². The van der Waals surface area contributed by atoms with Crippen molar-refractivity contribution < 1.29 is 9.52 Å². The van der Waals surface area contributed by atoms with Crippen molar-refractivity contribution in [3.8, 4) is 0 Å². The molecule has 0 fully saturated rings. The second-order valence-corrected chi connectivity index (χ2v) is 4.07. The maximum absolute atomic E-state index is 9.11. The summed E-state index contributed by atoms with van der Waals surface area (Å²) in [4.78, 5) is 4.24. The summed E-state index contributed by atoms with van der Waals surface area (Å²) < 4.78 is 5.47. The van der Waals surface area contributed by atoms with E-state index >= 15 is 0 Å². The van der Waals surface area contributed by atoms with Gasteiger partial charge in [0.15, 0.2) is 11.5 Å². The van der Waals surface area contributed by atoms with Gasteiger partial charge in [-0.2, -0.15) is 0 Å². The summed E-state index contributed by atoms with van der Waals surface area (Å²) in [7, 11) is 1.82. The molecule has 2 unspecified atom stereocenters. The van der Waals surface area contributed by atoms with Crippen molar-refractivity contribution in [2.45, 2.75) is 19.0 Å². The van der Waals surface area contributed by atoms with Gasteiger partial charge >= 0.3 is 0 Å². The fourth-order valence-electron chi connectivity index (χ4n) is 1.98. The summed E-state index contributed by atoms with van der Waals surface area (Å²) in [6.07, 6.45) is 0. The van der Waals surface area contributed by atoms with Gasteiger partial charge in [0.25, 0.3) is 0 Å². The molecule has 2 atom stereocenters. The van der Waals surface area contributed by atoms with Crippen LogP contribution in [0.5, 0.6) is 0 Å². The SMILES string of the molecule is CNC(c1ccc2nc(C)oc2c1)C(N)CO. The van der Waals surface area contributed by atoms with Crippen LogP contribution in [0.3, 0.4) is 0 Å². The van der Waals surface area contributed by atoms with Crippen LogP contribution in [0.1, 0.15) is 17.5 Å². The lowest BCUT2D eigenvalue weighted by Crippen LogP contribution is -2.38. The number of oxazole rings is 1. The molecule has 5 heteroatoms. The Hall–Kier alpha value is -1.43.